The van der Waals surface area contributed by atoms with Crippen molar-refractivity contribution in [1.82, 2.24) is 10.2 Å². The number of carbonyl (C=O) groups excluding carboxylic acids is 3. The van der Waals surface area contributed by atoms with Gasteiger partial charge in [0.2, 0.25) is 5.91 Å². The Kier molecular flexibility index (Phi) is 8.47. The Balaban J connectivity index is 1.09. The Hall–Kier alpha value is -3.99. The molecule has 0 aromatic heterocycles. The van der Waals surface area contributed by atoms with Gasteiger partial charge in [-0.25, -0.2) is 9.59 Å². The molecule has 10 heteroatoms. The molecule has 2 heterocycles. The molecular formula is C33H38N2O8. The van der Waals surface area contributed by atoms with Gasteiger partial charge in [-0.15, -0.1) is 0 Å². The van der Waals surface area contributed by atoms with Gasteiger partial charge in [-0.2, -0.15) is 0 Å². The maximum atomic E-state index is 12.7. The first kappa shape index (κ1) is 30.5. The summed E-state index contributed by atoms with van der Waals surface area (Å²) in [4.78, 5) is 38.7. The number of fused-ring (bicyclic) bond motifs is 4. The number of alkyl carbamates (subject to hydrolysis) is 1. The molecule has 10 nitrogen and oxygen atoms in total. The van der Waals surface area contributed by atoms with Crippen LogP contribution >= 0.6 is 0 Å². The fourth-order valence-electron chi connectivity index (χ4n) is 6.76. The van der Waals surface area contributed by atoms with Crippen LogP contribution in [0.25, 0.3) is 11.1 Å². The maximum absolute atomic E-state index is 12.7. The number of amides is 2. The van der Waals surface area contributed by atoms with E-state index >= 15 is 0 Å². The molecule has 0 spiro atoms. The molecule has 2 aromatic carbocycles. The van der Waals surface area contributed by atoms with Crippen molar-refractivity contribution in [2.45, 2.75) is 49.5 Å². The summed E-state index contributed by atoms with van der Waals surface area (Å²) in [6.07, 6.45) is 4.07. The van der Waals surface area contributed by atoms with E-state index in [0.717, 1.165) is 27.2 Å². The van der Waals surface area contributed by atoms with E-state index in [2.05, 4.69) is 29.6 Å². The number of nitrogens with one attached hydrogen (secondary N) is 1. The molecule has 5 rings (SSSR count). The minimum Gasteiger partial charge on any atom is -0.457 e. The van der Waals surface area contributed by atoms with E-state index < -0.39 is 59.8 Å². The van der Waals surface area contributed by atoms with Gasteiger partial charge in [-0.3, -0.25) is 4.79 Å². The number of ether oxygens (including phenoxy) is 2. The van der Waals surface area contributed by atoms with E-state index in [4.69, 9.17) is 9.47 Å². The summed E-state index contributed by atoms with van der Waals surface area (Å²) in [7, 11) is 1.37. The van der Waals surface area contributed by atoms with Crippen LogP contribution in [0.5, 0.6) is 0 Å². The highest BCUT2D eigenvalue weighted by molar-refractivity contribution is 5.98. The number of allylic oxidation sites excluding steroid dienone is 2. The zero-order chi connectivity index (χ0) is 30.9. The monoisotopic (exact) mass is 590 g/mol. The lowest BCUT2D eigenvalue weighted by Crippen LogP contribution is -2.64. The van der Waals surface area contributed by atoms with Crippen LogP contribution in [-0.4, -0.2) is 88.3 Å². The Labute approximate surface area is 250 Å². The van der Waals surface area contributed by atoms with E-state index in [1.54, 1.807) is 31.2 Å². The molecule has 0 bridgehead atoms. The number of aliphatic hydroxyl groups excluding tert-OH is 2. The number of likely N-dealkylation sites (tertiary alicyclic amines) is 1. The summed E-state index contributed by atoms with van der Waals surface area (Å²) in [5, 5.41) is 34.9. The Morgan fingerprint density at radius 1 is 1.12 bits per heavy atom. The Morgan fingerprint density at radius 2 is 1.74 bits per heavy atom. The van der Waals surface area contributed by atoms with Gasteiger partial charge in [0.15, 0.2) is 5.54 Å². The summed E-state index contributed by atoms with van der Waals surface area (Å²) >= 11 is 0. The van der Waals surface area contributed by atoms with Crippen molar-refractivity contribution in [3.05, 3.63) is 84.0 Å². The standard InChI is InChI=1S/C33H38N2O8/c1-20(17-28-33(41)21(2)29(38)35(3)32(33,19-36)30(39)43-28)27(37)15-5-4-10-16-34-31(40)42-18-26-24-13-8-6-11-22(24)23-12-7-9-14-25(23)26/h4-15,20-21,26-28,36-37,41H,16-19H2,1-3H3,(H,34,40)/b10-4+,15-5+/t20-,21+,27+,28+,32-,33-/m1/s1. The summed E-state index contributed by atoms with van der Waals surface area (Å²) in [6, 6.07) is 16.3. The van der Waals surface area contributed by atoms with Crippen molar-refractivity contribution >= 4 is 18.0 Å². The zero-order valence-electron chi connectivity index (χ0n) is 24.5. The average molecular weight is 591 g/mol. The quantitative estimate of drug-likeness (QED) is 0.244. The van der Waals surface area contributed by atoms with Gasteiger partial charge in [-0.1, -0.05) is 86.7 Å². The first-order valence-corrected chi connectivity index (χ1v) is 14.5. The van der Waals surface area contributed by atoms with Crippen molar-refractivity contribution in [1.29, 1.82) is 0 Å². The first-order chi connectivity index (χ1) is 20.6. The normalized spacial score (nSPS) is 27.7. The fourth-order valence-corrected chi connectivity index (χ4v) is 6.76. The third kappa shape index (κ3) is 4.93. The number of carbonyl (C=O) groups is 3. The molecule has 6 atom stereocenters. The molecule has 0 unspecified atom stereocenters. The van der Waals surface area contributed by atoms with Crippen LogP contribution in [0.2, 0.25) is 0 Å². The van der Waals surface area contributed by atoms with Gasteiger partial charge in [-0.05, 0) is 34.6 Å². The second-order valence-electron chi connectivity index (χ2n) is 11.6. The van der Waals surface area contributed by atoms with Gasteiger partial charge in [0.25, 0.3) is 0 Å². The summed E-state index contributed by atoms with van der Waals surface area (Å²) in [5.74, 6) is -2.75. The predicted molar refractivity (Wildman–Crippen MR) is 158 cm³/mol. The number of nitrogens with zero attached hydrogens (tertiary/aromatic N) is 1. The molecule has 2 saturated heterocycles. The van der Waals surface area contributed by atoms with E-state index in [0.29, 0.717) is 0 Å². The van der Waals surface area contributed by atoms with Gasteiger partial charge in [0, 0.05) is 19.5 Å². The summed E-state index contributed by atoms with van der Waals surface area (Å²) in [5.41, 5.74) is 0.812. The molecule has 0 saturated carbocycles. The van der Waals surface area contributed by atoms with Gasteiger partial charge >= 0.3 is 12.1 Å². The van der Waals surface area contributed by atoms with Gasteiger partial charge < -0.3 is 35.0 Å². The molecule has 2 aliphatic heterocycles. The van der Waals surface area contributed by atoms with Gasteiger partial charge in [0.05, 0.1) is 18.6 Å². The van der Waals surface area contributed by atoms with E-state index in [9.17, 15) is 29.7 Å². The van der Waals surface area contributed by atoms with Gasteiger partial charge in [0.1, 0.15) is 18.3 Å². The largest absolute Gasteiger partial charge is 0.457 e. The highest BCUT2D eigenvalue weighted by Gasteiger charge is 2.77. The number of hydrogen-bond donors (Lipinski definition) is 4. The number of aliphatic hydroxyl groups is 3. The SMILES string of the molecule is C[C@H](C[C@@H]1OC(=O)[C@@]2(CO)N(C)C(=O)[C@H](C)[C@@]12O)[C@@H](O)/C=C/C=C/CNC(=O)OCC1c2ccccc2-c2ccccc21. The number of likely N-dealkylation sites (N-methyl/N-ethyl adjacent to an activating group) is 1. The van der Waals surface area contributed by atoms with Crippen molar-refractivity contribution in [3.8, 4) is 11.1 Å². The predicted octanol–water partition coefficient (Wildman–Crippen LogP) is 2.52. The van der Waals surface area contributed by atoms with Crippen LogP contribution in [0.15, 0.2) is 72.8 Å². The zero-order valence-corrected chi connectivity index (χ0v) is 24.5. The Morgan fingerprint density at radius 3 is 2.37 bits per heavy atom. The number of cyclic esters (lactones) is 1. The molecule has 1 aliphatic carbocycles. The summed E-state index contributed by atoms with van der Waals surface area (Å²) in [6.45, 7) is 2.92. The second-order valence-corrected chi connectivity index (χ2v) is 11.6. The minimum absolute atomic E-state index is 0.0214. The van der Waals surface area contributed by atoms with Crippen LogP contribution in [-0.2, 0) is 19.1 Å². The number of esters is 1. The molecule has 4 N–H and O–H groups in total. The van der Waals surface area contributed by atoms with Crippen LogP contribution in [0.3, 0.4) is 0 Å². The number of rotatable bonds is 10. The lowest BCUT2D eigenvalue weighted by Gasteiger charge is -2.37. The van der Waals surface area contributed by atoms with Crippen molar-refractivity contribution in [3.63, 3.8) is 0 Å². The number of benzene rings is 2. The molecule has 43 heavy (non-hydrogen) atoms. The lowest BCUT2D eigenvalue weighted by atomic mass is 9.72. The van der Waals surface area contributed by atoms with E-state index in [1.165, 1.54) is 14.0 Å². The molecular weight excluding hydrogens is 552 g/mol. The lowest BCUT2D eigenvalue weighted by molar-refractivity contribution is -0.156. The molecule has 228 valence electrons. The second kappa shape index (κ2) is 11.9. The fraction of sp³-hybridized carbons (Fsp3) is 0.424. The molecule has 2 fully saturated rings. The molecule has 2 amide bonds. The molecule has 3 aliphatic rings. The third-order valence-electron chi connectivity index (χ3n) is 9.34. The third-order valence-corrected chi connectivity index (χ3v) is 9.34. The van der Waals surface area contributed by atoms with Crippen molar-refractivity contribution < 1.29 is 39.2 Å². The van der Waals surface area contributed by atoms with Crippen LogP contribution in [0.4, 0.5) is 4.79 Å². The average Bonchev–Trinajstić information content (AvgIpc) is 3.50. The Bertz CT molecular complexity index is 1410. The molecule has 0 radical (unpaired) electrons. The smallest absolute Gasteiger partial charge is 0.407 e. The highest BCUT2D eigenvalue weighted by Crippen LogP contribution is 2.52. The van der Waals surface area contributed by atoms with E-state index in [-0.39, 0.29) is 25.5 Å². The van der Waals surface area contributed by atoms with E-state index in [1.807, 2.05) is 24.3 Å². The van der Waals surface area contributed by atoms with Crippen LogP contribution < -0.4 is 5.32 Å². The molecule has 2 aromatic rings. The topological polar surface area (TPSA) is 146 Å². The van der Waals surface area contributed by atoms with Crippen molar-refractivity contribution in [2.24, 2.45) is 11.8 Å². The van der Waals surface area contributed by atoms with Crippen LogP contribution in [0.1, 0.15) is 37.3 Å². The highest BCUT2D eigenvalue weighted by atomic mass is 16.6. The maximum Gasteiger partial charge on any atom is 0.407 e. The number of hydrogen-bond acceptors (Lipinski definition) is 8. The minimum atomic E-state index is -1.92. The summed E-state index contributed by atoms with van der Waals surface area (Å²) < 4.78 is 11.0. The van der Waals surface area contributed by atoms with Crippen LogP contribution in [0, 0.1) is 11.8 Å². The first-order valence-electron chi connectivity index (χ1n) is 14.5. The van der Waals surface area contributed by atoms with Crippen molar-refractivity contribution in [2.75, 3.05) is 26.8 Å².